The summed E-state index contributed by atoms with van der Waals surface area (Å²) in [5.41, 5.74) is 0.355. The zero-order valence-corrected chi connectivity index (χ0v) is 16.5. The first-order valence-corrected chi connectivity index (χ1v) is 10.9. The lowest BCUT2D eigenvalue weighted by Crippen LogP contribution is -2.45. The zero-order valence-electron chi connectivity index (χ0n) is 15.7. The lowest BCUT2D eigenvalue weighted by molar-refractivity contribution is -0.139. The molecule has 0 saturated heterocycles. The van der Waals surface area contributed by atoms with E-state index in [0.717, 1.165) is 37.8 Å². The molecule has 0 aliphatic heterocycles. The van der Waals surface area contributed by atoms with Crippen LogP contribution in [0.3, 0.4) is 0 Å². The number of hydrogen-bond acceptors (Lipinski definition) is 5. The predicted octanol–water partition coefficient (Wildman–Crippen LogP) is 1.91. The smallest absolute Gasteiger partial charge is 0.309 e. The van der Waals surface area contributed by atoms with E-state index in [2.05, 4.69) is 15.6 Å². The largest absolute Gasteiger partial charge is 0.346 e. The van der Waals surface area contributed by atoms with Gasteiger partial charge >= 0.3 is 11.8 Å². The van der Waals surface area contributed by atoms with Gasteiger partial charge in [-0.3, -0.25) is 14.6 Å². The summed E-state index contributed by atoms with van der Waals surface area (Å²) in [6.07, 6.45) is 6.55. The van der Waals surface area contributed by atoms with E-state index in [1.165, 1.54) is 24.5 Å². The van der Waals surface area contributed by atoms with Crippen LogP contribution in [0.4, 0.5) is 4.39 Å². The molecule has 2 N–H and O–H groups in total. The van der Waals surface area contributed by atoms with Crippen molar-refractivity contribution < 1.29 is 22.4 Å². The maximum atomic E-state index is 13.2. The molecule has 0 spiro atoms. The average Bonchev–Trinajstić information content (AvgIpc) is 3.22. The third-order valence-corrected chi connectivity index (χ3v) is 7.03. The van der Waals surface area contributed by atoms with E-state index >= 15 is 0 Å². The van der Waals surface area contributed by atoms with Gasteiger partial charge in [0.1, 0.15) is 11.1 Å². The van der Waals surface area contributed by atoms with Crippen molar-refractivity contribution in [1.29, 1.82) is 0 Å². The molecule has 0 bridgehead atoms. The number of carbonyl (C=O) groups excluding carboxylic acids is 2. The zero-order chi connectivity index (χ0) is 20.9. The number of rotatable bonds is 6. The van der Waals surface area contributed by atoms with E-state index in [-0.39, 0.29) is 17.5 Å². The van der Waals surface area contributed by atoms with Gasteiger partial charge in [0.05, 0.1) is 4.90 Å². The summed E-state index contributed by atoms with van der Waals surface area (Å²) in [7, 11) is -3.97. The molecule has 1 aromatic carbocycles. The third kappa shape index (κ3) is 5.17. The number of nitrogens with one attached hydrogen (secondary N) is 2. The van der Waals surface area contributed by atoms with Crippen LogP contribution in [-0.4, -0.2) is 37.8 Å². The minimum atomic E-state index is -3.97. The van der Waals surface area contributed by atoms with Crippen LogP contribution in [0.5, 0.6) is 0 Å². The van der Waals surface area contributed by atoms with Crippen molar-refractivity contribution in [2.24, 2.45) is 0 Å². The van der Waals surface area contributed by atoms with Crippen molar-refractivity contribution >= 4 is 21.7 Å². The Hall–Kier alpha value is -2.81. The van der Waals surface area contributed by atoms with Crippen LogP contribution in [-0.2, 0) is 19.4 Å². The SMILES string of the molecule is O=C(NC[C@H](c1cccnc1)S(=O)(=O)c1ccc(F)cc1)C(=O)NC1CCCC1. The van der Waals surface area contributed by atoms with Gasteiger partial charge in [-0.15, -0.1) is 0 Å². The predicted molar refractivity (Wildman–Crippen MR) is 104 cm³/mol. The lowest BCUT2D eigenvalue weighted by atomic mass is 10.2. The van der Waals surface area contributed by atoms with E-state index in [1.54, 1.807) is 12.1 Å². The highest BCUT2D eigenvalue weighted by Crippen LogP contribution is 2.28. The van der Waals surface area contributed by atoms with E-state index in [4.69, 9.17) is 0 Å². The molecule has 2 aromatic rings. The van der Waals surface area contributed by atoms with Gasteiger partial charge in [0.15, 0.2) is 9.84 Å². The van der Waals surface area contributed by atoms with Crippen LogP contribution in [0.2, 0.25) is 0 Å². The molecule has 1 aliphatic carbocycles. The quantitative estimate of drug-likeness (QED) is 0.550. The molecule has 2 amide bonds. The fraction of sp³-hybridized carbons (Fsp3) is 0.350. The summed E-state index contributed by atoms with van der Waals surface area (Å²) in [6, 6.07) is 7.58. The van der Waals surface area contributed by atoms with Crippen molar-refractivity contribution in [1.82, 2.24) is 15.6 Å². The molecule has 0 radical (unpaired) electrons. The molecule has 1 aliphatic rings. The Morgan fingerprint density at radius 1 is 1.10 bits per heavy atom. The molecule has 9 heteroatoms. The maximum absolute atomic E-state index is 13.2. The summed E-state index contributed by atoms with van der Waals surface area (Å²) < 4.78 is 39.4. The van der Waals surface area contributed by atoms with Crippen molar-refractivity contribution in [2.75, 3.05) is 6.54 Å². The van der Waals surface area contributed by atoms with Gasteiger partial charge in [0.2, 0.25) is 0 Å². The number of halogens is 1. The summed E-state index contributed by atoms with van der Waals surface area (Å²) in [5, 5.41) is 3.90. The molecule has 7 nitrogen and oxygen atoms in total. The molecule has 1 saturated carbocycles. The number of pyridine rings is 1. The third-order valence-electron chi connectivity index (χ3n) is 4.92. The average molecular weight is 419 g/mol. The Kier molecular flexibility index (Phi) is 6.58. The summed E-state index contributed by atoms with van der Waals surface area (Å²) >= 11 is 0. The van der Waals surface area contributed by atoms with Crippen molar-refractivity contribution in [3.05, 3.63) is 60.2 Å². The van der Waals surface area contributed by atoms with Gasteiger partial charge in [0, 0.05) is 25.0 Å². The van der Waals surface area contributed by atoms with Crippen LogP contribution in [0.15, 0.2) is 53.7 Å². The number of aromatic nitrogens is 1. The van der Waals surface area contributed by atoms with Gasteiger partial charge in [-0.25, -0.2) is 12.8 Å². The second-order valence-corrected chi connectivity index (χ2v) is 9.07. The maximum Gasteiger partial charge on any atom is 0.309 e. The monoisotopic (exact) mass is 419 g/mol. The summed E-state index contributed by atoms with van der Waals surface area (Å²) in [6.45, 7) is -0.317. The lowest BCUT2D eigenvalue weighted by Gasteiger charge is -2.19. The van der Waals surface area contributed by atoms with Gasteiger partial charge in [-0.1, -0.05) is 18.9 Å². The molecule has 1 fully saturated rings. The van der Waals surface area contributed by atoms with E-state index < -0.39 is 32.7 Å². The molecular formula is C20H22FN3O4S. The first-order chi connectivity index (χ1) is 13.9. The van der Waals surface area contributed by atoms with Crippen molar-refractivity contribution in [2.45, 2.75) is 41.9 Å². The van der Waals surface area contributed by atoms with Crippen LogP contribution in [0.25, 0.3) is 0 Å². The molecule has 1 aromatic heterocycles. The Morgan fingerprint density at radius 3 is 2.41 bits per heavy atom. The highest BCUT2D eigenvalue weighted by molar-refractivity contribution is 7.91. The van der Waals surface area contributed by atoms with Gasteiger partial charge < -0.3 is 10.6 Å². The number of sulfone groups is 1. The van der Waals surface area contributed by atoms with Crippen LogP contribution in [0.1, 0.15) is 36.5 Å². The standard InChI is InChI=1S/C20H22FN3O4S/c21-15-7-9-17(10-8-15)29(27,28)18(14-4-3-11-22-12-14)13-23-19(25)20(26)24-16-5-1-2-6-16/h3-4,7-12,16,18H,1-2,5-6,13H2,(H,23,25)(H,24,26)/t18-/m1/s1. The highest BCUT2D eigenvalue weighted by atomic mass is 32.2. The number of amides is 2. The topological polar surface area (TPSA) is 105 Å². The summed E-state index contributed by atoms with van der Waals surface area (Å²) in [5.74, 6) is -2.22. The number of benzene rings is 1. The second kappa shape index (κ2) is 9.13. The van der Waals surface area contributed by atoms with Gasteiger partial charge in [-0.2, -0.15) is 0 Å². The Morgan fingerprint density at radius 2 is 1.79 bits per heavy atom. The molecule has 1 atom stereocenters. The summed E-state index contributed by atoms with van der Waals surface area (Å²) in [4.78, 5) is 28.1. The molecule has 1 heterocycles. The van der Waals surface area contributed by atoms with Gasteiger partial charge in [0.25, 0.3) is 0 Å². The van der Waals surface area contributed by atoms with Gasteiger partial charge in [-0.05, 0) is 48.7 Å². The Bertz CT molecular complexity index is 959. The molecule has 0 unspecified atom stereocenters. The fourth-order valence-corrected chi connectivity index (χ4v) is 4.99. The Balaban J connectivity index is 1.76. The van der Waals surface area contributed by atoms with Crippen LogP contribution >= 0.6 is 0 Å². The molecule has 3 rings (SSSR count). The van der Waals surface area contributed by atoms with Crippen molar-refractivity contribution in [3.8, 4) is 0 Å². The number of nitrogens with zero attached hydrogens (tertiary/aromatic N) is 1. The fourth-order valence-electron chi connectivity index (χ4n) is 3.35. The minimum Gasteiger partial charge on any atom is -0.346 e. The highest BCUT2D eigenvalue weighted by Gasteiger charge is 2.31. The Labute approximate surface area is 168 Å². The van der Waals surface area contributed by atoms with Crippen LogP contribution < -0.4 is 10.6 Å². The van der Waals surface area contributed by atoms with Crippen molar-refractivity contribution in [3.63, 3.8) is 0 Å². The van der Waals surface area contributed by atoms with E-state index in [9.17, 15) is 22.4 Å². The van der Waals surface area contributed by atoms with E-state index in [0.29, 0.717) is 5.56 Å². The molecule has 29 heavy (non-hydrogen) atoms. The second-order valence-electron chi connectivity index (χ2n) is 6.94. The number of carbonyl (C=O) groups is 2. The minimum absolute atomic E-state index is 0.0229. The van der Waals surface area contributed by atoms with E-state index in [1.807, 2.05) is 0 Å². The molecule has 154 valence electrons. The first-order valence-electron chi connectivity index (χ1n) is 9.36. The normalized spacial score (nSPS) is 15.6. The molecular weight excluding hydrogens is 397 g/mol. The first kappa shape index (κ1) is 20.9. The van der Waals surface area contributed by atoms with Crippen LogP contribution in [0, 0.1) is 5.82 Å². The number of hydrogen-bond donors (Lipinski definition) is 2.